The van der Waals surface area contributed by atoms with E-state index in [-0.39, 0.29) is 17.8 Å². The first-order valence-electron chi connectivity index (χ1n) is 11.8. The Balaban J connectivity index is 1.36. The Hall–Kier alpha value is -2.83. The fourth-order valence-electron chi connectivity index (χ4n) is 4.45. The number of aromatic nitrogens is 1. The fourth-order valence-corrected chi connectivity index (χ4v) is 4.72. The lowest BCUT2D eigenvalue weighted by Crippen LogP contribution is -2.40. The lowest BCUT2D eigenvalue weighted by Gasteiger charge is -2.34. The minimum absolute atomic E-state index is 0.106. The molecular formula is C27H31ClN2O4. The Bertz CT molecular complexity index is 1090. The molecule has 3 aromatic rings. The first-order valence-corrected chi connectivity index (χ1v) is 12.2. The lowest BCUT2D eigenvalue weighted by atomic mass is 9.82. The molecule has 1 aromatic heterocycles. The highest BCUT2D eigenvalue weighted by Crippen LogP contribution is 2.30. The molecule has 0 spiro atoms. The van der Waals surface area contributed by atoms with E-state index in [4.69, 9.17) is 25.7 Å². The molecule has 0 bridgehead atoms. The summed E-state index contributed by atoms with van der Waals surface area (Å²) in [5.41, 5.74) is 2.98. The second-order valence-corrected chi connectivity index (χ2v) is 9.09. The average Bonchev–Trinajstić information content (AvgIpc) is 3.20. The molecular weight excluding hydrogens is 452 g/mol. The third-order valence-electron chi connectivity index (χ3n) is 6.19. The van der Waals surface area contributed by atoms with Crippen LogP contribution < -0.4 is 4.74 Å². The van der Waals surface area contributed by atoms with Gasteiger partial charge in [-0.3, -0.25) is 4.79 Å². The third-order valence-corrected chi connectivity index (χ3v) is 6.50. The maximum absolute atomic E-state index is 12.4. The molecule has 2 heterocycles. The van der Waals surface area contributed by atoms with Crippen LogP contribution in [0.3, 0.4) is 0 Å². The van der Waals surface area contributed by atoms with Crippen LogP contribution in [-0.4, -0.2) is 41.7 Å². The summed E-state index contributed by atoms with van der Waals surface area (Å²) in [6.45, 7) is 6.01. The van der Waals surface area contributed by atoms with E-state index in [2.05, 4.69) is 11.1 Å². The number of benzene rings is 2. The summed E-state index contributed by atoms with van der Waals surface area (Å²) in [6.07, 6.45) is 2.11. The summed E-state index contributed by atoms with van der Waals surface area (Å²) < 4.78 is 18.9. The van der Waals surface area contributed by atoms with E-state index in [0.717, 1.165) is 34.8 Å². The summed E-state index contributed by atoms with van der Waals surface area (Å²) >= 11 is 6.28. The van der Waals surface area contributed by atoms with Crippen molar-refractivity contribution in [3.8, 4) is 17.2 Å². The van der Waals surface area contributed by atoms with Gasteiger partial charge in [0.2, 0.25) is 5.89 Å². The minimum Gasteiger partial charge on any atom is -0.493 e. The number of carbonyl (C=O) groups is 1. The van der Waals surface area contributed by atoms with Gasteiger partial charge < -0.3 is 13.9 Å². The normalized spacial score (nSPS) is 18.6. The van der Waals surface area contributed by atoms with Gasteiger partial charge >= 0.3 is 5.97 Å². The molecule has 34 heavy (non-hydrogen) atoms. The molecule has 0 N–H and O–H groups in total. The molecule has 180 valence electrons. The van der Waals surface area contributed by atoms with Crippen LogP contribution in [0.4, 0.5) is 0 Å². The summed E-state index contributed by atoms with van der Waals surface area (Å²) in [5, 5.41) is 0. The Morgan fingerprint density at radius 3 is 2.82 bits per heavy atom. The summed E-state index contributed by atoms with van der Waals surface area (Å²) in [7, 11) is 0. The van der Waals surface area contributed by atoms with Gasteiger partial charge in [0, 0.05) is 25.1 Å². The highest BCUT2D eigenvalue weighted by atomic mass is 35.5. The highest BCUT2D eigenvalue weighted by molar-refractivity contribution is 6.13. The Labute approximate surface area is 205 Å². The number of rotatable bonds is 9. The largest absolute Gasteiger partial charge is 0.493 e. The molecule has 2 aromatic carbocycles. The van der Waals surface area contributed by atoms with Crippen LogP contribution >= 0.6 is 11.8 Å². The van der Waals surface area contributed by atoms with Crippen LogP contribution in [0.1, 0.15) is 30.4 Å². The van der Waals surface area contributed by atoms with Crippen molar-refractivity contribution in [2.75, 3.05) is 26.3 Å². The third kappa shape index (κ3) is 6.19. The summed E-state index contributed by atoms with van der Waals surface area (Å²) in [5.74, 6) is 2.09. The van der Waals surface area contributed by atoms with Gasteiger partial charge in [0.05, 0.1) is 24.8 Å². The zero-order valence-electron chi connectivity index (χ0n) is 19.7. The van der Waals surface area contributed by atoms with E-state index in [1.165, 1.54) is 0 Å². The number of hydrogen-bond donors (Lipinski definition) is 0. The molecule has 1 fully saturated rings. The number of piperidine rings is 1. The van der Waals surface area contributed by atoms with Crippen molar-refractivity contribution in [3.63, 3.8) is 0 Å². The molecule has 2 atom stereocenters. The van der Waals surface area contributed by atoms with Crippen LogP contribution in [0.25, 0.3) is 11.5 Å². The molecule has 1 aliphatic rings. The maximum atomic E-state index is 12.4. The molecule has 1 aliphatic heterocycles. The zero-order valence-corrected chi connectivity index (χ0v) is 20.5. The van der Waals surface area contributed by atoms with Crippen LogP contribution in [0.5, 0.6) is 5.75 Å². The SMILES string of the molecule is CCOC(=O)C1CCN(Cl)CC1Cc1cccc(OCCc2nc(-c3ccccc3)oc2C)c1. The molecule has 2 unspecified atom stereocenters. The van der Waals surface area contributed by atoms with E-state index < -0.39 is 0 Å². The van der Waals surface area contributed by atoms with Crippen molar-refractivity contribution in [1.82, 2.24) is 9.40 Å². The van der Waals surface area contributed by atoms with Crippen molar-refractivity contribution in [3.05, 3.63) is 71.6 Å². The number of halogens is 1. The number of hydrogen-bond acceptors (Lipinski definition) is 6. The minimum atomic E-state index is -0.131. The van der Waals surface area contributed by atoms with Gasteiger partial charge in [-0.05, 0) is 74.2 Å². The van der Waals surface area contributed by atoms with E-state index >= 15 is 0 Å². The zero-order chi connectivity index (χ0) is 23.9. The van der Waals surface area contributed by atoms with Gasteiger partial charge in [-0.15, -0.1) is 0 Å². The molecule has 4 rings (SSSR count). The topological polar surface area (TPSA) is 64.8 Å². The predicted molar refractivity (Wildman–Crippen MR) is 132 cm³/mol. The molecule has 0 amide bonds. The van der Waals surface area contributed by atoms with E-state index in [9.17, 15) is 4.79 Å². The van der Waals surface area contributed by atoms with Gasteiger partial charge in [0.25, 0.3) is 0 Å². The quantitative estimate of drug-likeness (QED) is 0.297. The molecule has 7 heteroatoms. The van der Waals surface area contributed by atoms with Gasteiger partial charge in [-0.25, -0.2) is 9.40 Å². The first-order chi connectivity index (χ1) is 16.5. The molecule has 0 radical (unpaired) electrons. The van der Waals surface area contributed by atoms with E-state index in [1.54, 1.807) is 4.42 Å². The van der Waals surface area contributed by atoms with Crippen molar-refractivity contribution in [2.24, 2.45) is 11.8 Å². The number of carbonyl (C=O) groups excluding carboxylic acids is 1. The number of ether oxygens (including phenoxy) is 2. The van der Waals surface area contributed by atoms with Crippen LogP contribution in [0.2, 0.25) is 0 Å². The van der Waals surface area contributed by atoms with Crippen molar-refractivity contribution in [1.29, 1.82) is 0 Å². The predicted octanol–water partition coefficient (Wildman–Crippen LogP) is 5.47. The molecule has 1 saturated heterocycles. The lowest BCUT2D eigenvalue weighted by molar-refractivity contribution is -0.151. The van der Waals surface area contributed by atoms with Crippen molar-refractivity contribution < 1.29 is 18.7 Å². The standard InChI is InChI=1S/C27H31ClN2O4/c1-3-32-27(31)24-12-14-30(28)18-22(24)16-20-8-7-11-23(17-20)33-15-13-25-19(2)34-26(29-25)21-9-5-4-6-10-21/h4-11,17,22,24H,3,12-16,18H2,1-2H3. The van der Waals surface area contributed by atoms with Crippen LogP contribution in [0.15, 0.2) is 59.0 Å². The van der Waals surface area contributed by atoms with E-state index in [1.807, 2.05) is 62.4 Å². The van der Waals surface area contributed by atoms with Crippen LogP contribution in [0, 0.1) is 18.8 Å². The average molecular weight is 483 g/mol. The maximum Gasteiger partial charge on any atom is 0.309 e. The number of oxazole rings is 1. The Morgan fingerprint density at radius 1 is 1.21 bits per heavy atom. The van der Waals surface area contributed by atoms with Gasteiger partial charge in [-0.2, -0.15) is 0 Å². The number of aryl methyl sites for hydroxylation is 1. The molecule has 0 aliphatic carbocycles. The summed E-state index contributed by atoms with van der Waals surface area (Å²) in [4.78, 5) is 17.1. The van der Waals surface area contributed by atoms with E-state index in [0.29, 0.717) is 45.0 Å². The van der Waals surface area contributed by atoms with Gasteiger partial charge in [-0.1, -0.05) is 30.3 Å². The Kier molecular flexibility index (Phi) is 8.25. The van der Waals surface area contributed by atoms with Crippen LogP contribution in [-0.2, 0) is 22.4 Å². The smallest absolute Gasteiger partial charge is 0.309 e. The monoisotopic (exact) mass is 482 g/mol. The highest BCUT2D eigenvalue weighted by Gasteiger charge is 2.34. The second kappa shape index (κ2) is 11.5. The number of nitrogens with zero attached hydrogens (tertiary/aromatic N) is 2. The van der Waals surface area contributed by atoms with Crippen molar-refractivity contribution >= 4 is 17.7 Å². The van der Waals surface area contributed by atoms with Gasteiger partial charge in [0.15, 0.2) is 0 Å². The fraction of sp³-hybridized carbons (Fsp3) is 0.407. The summed E-state index contributed by atoms with van der Waals surface area (Å²) in [6, 6.07) is 17.9. The van der Waals surface area contributed by atoms with Crippen molar-refractivity contribution in [2.45, 2.75) is 33.1 Å². The number of esters is 1. The molecule has 6 nitrogen and oxygen atoms in total. The molecule has 0 saturated carbocycles. The van der Waals surface area contributed by atoms with Gasteiger partial charge in [0.1, 0.15) is 11.5 Å². The second-order valence-electron chi connectivity index (χ2n) is 8.61. The first kappa shape index (κ1) is 24.3. The Morgan fingerprint density at radius 2 is 2.03 bits per heavy atom.